The van der Waals surface area contributed by atoms with E-state index in [9.17, 15) is 22.8 Å². The Bertz CT molecular complexity index is 1050. The molecule has 1 saturated heterocycles. The van der Waals surface area contributed by atoms with Gasteiger partial charge in [0.1, 0.15) is 6.04 Å². The molecule has 8 nitrogen and oxygen atoms in total. The molecule has 9 heteroatoms. The fraction of sp³-hybridized carbons (Fsp3) is 0.286. The first-order chi connectivity index (χ1) is 14.2. The molecular weight excluding hydrogens is 406 g/mol. The molecule has 2 aromatic rings. The normalized spacial score (nSPS) is 16.7. The number of primary sulfonamides is 1. The summed E-state index contributed by atoms with van der Waals surface area (Å²) < 4.78 is 22.8. The molecule has 0 aliphatic carbocycles. The van der Waals surface area contributed by atoms with Crippen molar-refractivity contribution in [2.45, 2.75) is 37.1 Å². The number of hydrogen-bond acceptors (Lipinski definition) is 5. The van der Waals surface area contributed by atoms with Gasteiger partial charge in [0.05, 0.1) is 17.0 Å². The van der Waals surface area contributed by atoms with Crippen molar-refractivity contribution in [1.29, 1.82) is 0 Å². The van der Waals surface area contributed by atoms with Gasteiger partial charge in [0, 0.05) is 13.0 Å². The van der Waals surface area contributed by atoms with Crippen molar-refractivity contribution in [2.75, 3.05) is 11.4 Å². The minimum Gasteiger partial charge on any atom is -0.330 e. The number of anilines is 1. The van der Waals surface area contributed by atoms with Gasteiger partial charge < -0.3 is 4.90 Å². The summed E-state index contributed by atoms with van der Waals surface area (Å²) in [6.07, 6.45) is 0.539. The molecule has 0 unspecified atom stereocenters. The van der Waals surface area contributed by atoms with Crippen LogP contribution in [0.3, 0.4) is 0 Å². The van der Waals surface area contributed by atoms with Crippen molar-refractivity contribution in [3.8, 4) is 0 Å². The number of carbonyl (C=O) groups is 3. The zero-order chi connectivity index (χ0) is 21.9. The Morgan fingerprint density at radius 3 is 2.30 bits per heavy atom. The molecule has 158 valence electrons. The number of rotatable bonds is 7. The summed E-state index contributed by atoms with van der Waals surface area (Å²) in [7, 11) is -3.78. The molecule has 2 aromatic carbocycles. The molecule has 1 atom stereocenters. The number of benzene rings is 2. The Balaban J connectivity index is 1.77. The van der Waals surface area contributed by atoms with Crippen molar-refractivity contribution >= 4 is 33.4 Å². The predicted octanol–water partition coefficient (Wildman–Crippen LogP) is 1.45. The molecule has 2 N–H and O–H groups in total. The monoisotopic (exact) mass is 429 g/mol. The van der Waals surface area contributed by atoms with Gasteiger partial charge in [-0.2, -0.15) is 0 Å². The van der Waals surface area contributed by atoms with Crippen LogP contribution in [-0.2, 0) is 30.8 Å². The fourth-order valence-electron chi connectivity index (χ4n) is 3.46. The van der Waals surface area contributed by atoms with Crippen molar-refractivity contribution in [2.24, 2.45) is 5.14 Å². The number of carbonyl (C=O) groups excluding carboxylic acids is 3. The second kappa shape index (κ2) is 8.76. The van der Waals surface area contributed by atoms with E-state index in [0.29, 0.717) is 12.1 Å². The van der Waals surface area contributed by atoms with Gasteiger partial charge in [-0.1, -0.05) is 37.3 Å². The highest BCUT2D eigenvalue weighted by atomic mass is 32.2. The van der Waals surface area contributed by atoms with Gasteiger partial charge in [0.2, 0.25) is 21.8 Å². The standard InChI is InChI=1S/C21H23N3O5S/c1-2-19(25)23(13-12-15-8-10-17(11-9-15)30(22,28)29)18-14-20(26)24(21(18)27)16-6-4-3-5-7-16/h3-11,18H,2,12-14H2,1H3,(H2,22,28,29)/t18-/m0/s1. The van der Waals surface area contributed by atoms with E-state index in [1.807, 2.05) is 0 Å². The van der Waals surface area contributed by atoms with Crippen LogP contribution in [0.4, 0.5) is 5.69 Å². The molecule has 1 aliphatic heterocycles. The molecule has 0 spiro atoms. The molecule has 0 bridgehead atoms. The minimum absolute atomic E-state index is 0.00260. The number of sulfonamides is 1. The first kappa shape index (κ1) is 21.7. The van der Waals surface area contributed by atoms with E-state index < -0.39 is 22.0 Å². The lowest BCUT2D eigenvalue weighted by Crippen LogP contribution is -2.46. The molecule has 0 saturated carbocycles. The lowest BCUT2D eigenvalue weighted by molar-refractivity contribution is -0.138. The van der Waals surface area contributed by atoms with Crippen LogP contribution in [0.1, 0.15) is 25.3 Å². The highest BCUT2D eigenvalue weighted by Gasteiger charge is 2.43. The van der Waals surface area contributed by atoms with Crippen LogP contribution in [-0.4, -0.2) is 43.6 Å². The first-order valence-electron chi connectivity index (χ1n) is 9.55. The lowest BCUT2D eigenvalue weighted by Gasteiger charge is -2.27. The minimum atomic E-state index is -3.78. The molecule has 1 aliphatic rings. The Morgan fingerprint density at radius 2 is 1.73 bits per heavy atom. The van der Waals surface area contributed by atoms with Crippen LogP contribution in [0.2, 0.25) is 0 Å². The molecule has 30 heavy (non-hydrogen) atoms. The quantitative estimate of drug-likeness (QED) is 0.669. The summed E-state index contributed by atoms with van der Waals surface area (Å²) in [5.74, 6) is -0.989. The van der Waals surface area contributed by atoms with Crippen LogP contribution in [0.5, 0.6) is 0 Å². The van der Waals surface area contributed by atoms with E-state index in [-0.39, 0.29) is 36.1 Å². The third kappa shape index (κ3) is 4.58. The van der Waals surface area contributed by atoms with Crippen LogP contribution in [0.25, 0.3) is 0 Å². The molecule has 0 radical (unpaired) electrons. The topological polar surface area (TPSA) is 118 Å². The Hall–Kier alpha value is -3.04. The molecular formula is C21H23N3O5S. The number of nitrogens with zero attached hydrogens (tertiary/aromatic N) is 2. The Labute approximate surface area is 175 Å². The third-order valence-electron chi connectivity index (χ3n) is 5.03. The molecule has 1 fully saturated rings. The van der Waals surface area contributed by atoms with Crippen LogP contribution in [0.15, 0.2) is 59.5 Å². The summed E-state index contributed by atoms with van der Waals surface area (Å²) in [6, 6.07) is 13.8. The van der Waals surface area contributed by atoms with Crippen molar-refractivity contribution in [1.82, 2.24) is 4.90 Å². The third-order valence-corrected chi connectivity index (χ3v) is 5.96. The summed E-state index contributed by atoms with van der Waals surface area (Å²) in [5.41, 5.74) is 1.27. The second-order valence-corrected chi connectivity index (χ2v) is 8.56. The highest BCUT2D eigenvalue weighted by molar-refractivity contribution is 7.89. The molecule has 0 aromatic heterocycles. The summed E-state index contributed by atoms with van der Waals surface area (Å²) in [4.78, 5) is 40.6. The van der Waals surface area contributed by atoms with Gasteiger partial charge in [-0.25, -0.2) is 18.5 Å². The number of para-hydroxylation sites is 1. The highest BCUT2D eigenvalue weighted by Crippen LogP contribution is 2.26. The zero-order valence-electron chi connectivity index (χ0n) is 16.5. The zero-order valence-corrected chi connectivity index (χ0v) is 17.3. The number of amides is 3. The summed E-state index contributed by atoms with van der Waals surface area (Å²) in [6.45, 7) is 1.93. The van der Waals surface area contributed by atoms with E-state index in [2.05, 4.69) is 0 Å². The summed E-state index contributed by atoms with van der Waals surface area (Å²) >= 11 is 0. The van der Waals surface area contributed by atoms with E-state index in [1.165, 1.54) is 17.0 Å². The number of imide groups is 1. The maximum atomic E-state index is 13.0. The molecule has 1 heterocycles. The van der Waals surface area contributed by atoms with Gasteiger partial charge in [0.25, 0.3) is 5.91 Å². The number of nitrogens with two attached hydrogens (primary N) is 1. The van der Waals surface area contributed by atoms with Gasteiger partial charge >= 0.3 is 0 Å². The summed E-state index contributed by atoms with van der Waals surface area (Å²) in [5, 5.41) is 5.10. The van der Waals surface area contributed by atoms with E-state index in [4.69, 9.17) is 5.14 Å². The van der Waals surface area contributed by atoms with Crippen LogP contribution in [0, 0.1) is 0 Å². The average Bonchev–Trinajstić information content (AvgIpc) is 3.02. The largest absolute Gasteiger partial charge is 0.330 e. The van der Waals surface area contributed by atoms with E-state index in [0.717, 1.165) is 10.5 Å². The van der Waals surface area contributed by atoms with E-state index >= 15 is 0 Å². The van der Waals surface area contributed by atoms with Crippen LogP contribution < -0.4 is 10.0 Å². The van der Waals surface area contributed by atoms with Crippen molar-refractivity contribution in [3.63, 3.8) is 0 Å². The predicted molar refractivity (Wildman–Crippen MR) is 111 cm³/mol. The lowest BCUT2D eigenvalue weighted by atomic mass is 10.1. The van der Waals surface area contributed by atoms with Gasteiger partial charge in [-0.05, 0) is 36.2 Å². The first-order valence-corrected chi connectivity index (χ1v) is 11.1. The van der Waals surface area contributed by atoms with Gasteiger partial charge in [-0.3, -0.25) is 14.4 Å². The molecule has 3 rings (SSSR count). The van der Waals surface area contributed by atoms with Gasteiger partial charge in [-0.15, -0.1) is 0 Å². The average molecular weight is 429 g/mol. The Morgan fingerprint density at radius 1 is 1.10 bits per heavy atom. The SMILES string of the molecule is CCC(=O)N(CCc1ccc(S(N)(=O)=O)cc1)[C@H]1CC(=O)N(c2ccccc2)C1=O. The van der Waals surface area contributed by atoms with Crippen molar-refractivity contribution < 1.29 is 22.8 Å². The fourth-order valence-corrected chi connectivity index (χ4v) is 3.98. The maximum absolute atomic E-state index is 13.0. The van der Waals surface area contributed by atoms with Gasteiger partial charge in [0.15, 0.2) is 0 Å². The van der Waals surface area contributed by atoms with Crippen LogP contribution >= 0.6 is 0 Å². The second-order valence-electron chi connectivity index (χ2n) is 7.00. The van der Waals surface area contributed by atoms with E-state index in [1.54, 1.807) is 49.4 Å². The van der Waals surface area contributed by atoms with Crippen molar-refractivity contribution in [3.05, 3.63) is 60.2 Å². The smallest absolute Gasteiger partial charge is 0.257 e. The maximum Gasteiger partial charge on any atom is 0.257 e. The number of hydrogen-bond donors (Lipinski definition) is 1. The molecule has 3 amide bonds. The Kier molecular flexibility index (Phi) is 6.33.